The molecule has 4 rings (SSSR count). The van der Waals surface area contributed by atoms with Crippen molar-refractivity contribution in [3.05, 3.63) is 86.9 Å². The Kier molecular flexibility index (Phi) is 6.64. The zero-order valence-corrected chi connectivity index (χ0v) is 19.1. The first-order valence-corrected chi connectivity index (χ1v) is 10.6. The van der Waals surface area contributed by atoms with Crippen molar-refractivity contribution in [2.45, 2.75) is 20.2 Å². The number of benzene rings is 2. The van der Waals surface area contributed by atoms with Crippen molar-refractivity contribution < 1.29 is 9.53 Å². The normalized spacial score (nSPS) is 10.9. The number of carbonyl (C=O) groups is 1. The number of hydrogen-bond donors (Lipinski definition) is 1. The Labute approximate surface area is 198 Å². The van der Waals surface area contributed by atoms with E-state index in [1.807, 2.05) is 19.1 Å². The SMILES string of the molecule is Cc1ccc(Cl)c(OCn2ccc(C(=O)Nc3ncn(Cc4c(Cl)cccc4Cl)n3)n2)c1. The molecule has 1 amide bonds. The molecule has 2 heterocycles. The molecule has 0 spiro atoms. The fourth-order valence-corrected chi connectivity index (χ4v) is 3.54. The monoisotopic (exact) mass is 490 g/mol. The topological polar surface area (TPSA) is 86.9 Å². The van der Waals surface area contributed by atoms with Crippen LogP contribution in [0.2, 0.25) is 15.1 Å². The van der Waals surface area contributed by atoms with Crippen LogP contribution < -0.4 is 10.1 Å². The Balaban J connectivity index is 1.37. The number of aromatic nitrogens is 5. The van der Waals surface area contributed by atoms with Crippen molar-refractivity contribution in [1.29, 1.82) is 0 Å². The number of anilines is 1. The maximum atomic E-state index is 12.5. The van der Waals surface area contributed by atoms with Crippen LogP contribution >= 0.6 is 34.8 Å². The van der Waals surface area contributed by atoms with Gasteiger partial charge in [0.1, 0.15) is 12.1 Å². The Hall–Kier alpha value is -3.07. The van der Waals surface area contributed by atoms with Gasteiger partial charge in [-0.05, 0) is 42.8 Å². The van der Waals surface area contributed by atoms with Gasteiger partial charge in [0.2, 0.25) is 5.95 Å². The first kappa shape index (κ1) is 22.1. The zero-order chi connectivity index (χ0) is 22.7. The molecule has 0 radical (unpaired) electrons. The molecule has 164 valence electrons. The van der Waals surface area contributed by atoms with E-state index in [2.05, 4.69) is 20.5 Å². The van der Waals surface area contributed by atoms with Gasteiger partial charge < -0.3 is 4.74 Å². The smallest absolute Gasteiger partial charge is 0.278 e. The second-order valence-corrected chi connectivity index (χ2v) is 8.09. The lowest BCUT2D eigenvalue weighted by molar-refractivity contribution is 0.101. The lowest BCUT2D eigenvalue weighted by Gasteiger charge is -2.08. The van der Waals surface area contributed by atoms with E-state index >= 15 is 0 Å². The summed E-state index contributed by atoms with van der Waals surface area (Å²) in [5, 5.41) is 12.6. The van der Waals surface area contributed by atoms with Crippen LogP contribution in [0.4, 0.5) is 5.95 Å². The van der Waals surface area contributed by atoms with E-state index in [9.17, 15) is 4.79 Å². The van der Waals surface area contributed by atoms with Crippen LogP contribution in [0, 0.1) is 6.92 Å². The van der Waals surface area contributed by atoms with Crippen molar-refractivity contribution in [2.75, 3.05) is 5.32 Å². The number of nitrogens with zero attached hydrogens (tertiary/aromatic N) is 5. The minimum Gasteiger partial charge on any atom is -0.470 e. The van der Waals surface area contributed by atoms with Gasteiger partial charge in [0.25, 0.3) is 5.91 Å². The van der Waals surface area contributed by atoms with Crippen molar-refractivity contribution in [2.24, 2.45) is 0 Å². The largest absolute Gasteiger partial charge is 0.470 e. The number of amides is 1. The summed E-state index contributed by atoms with van der Waals surface area (Å²) < 4.78 is 8.70. The summed E-state index contributed by atoms with van der Waals surface area (Å²) in [5.74, 6) is 0.225. The minimum absolute atomic E-state index is 0.0991. The van der Waals surface area contributed by atoms with E-state index in [-0.39, 0.29) is 18.4 Å². The van der Waals surface area contributed by atoms with Crippen molar-refractivity contribution >= 4 is 46.7 Å². The molecule has 4 aromatic rings. The second kappa shape index (κ2) is 9.60. The summed E-state index contributed by atoms with van der Waals surface area (Å²) in [5.41, 5.74) is 1.93. The van der Waals surface area contributed by atoms with Gasteiger partial charge in [-0.15, -0.1) is 5.10 Å². The summed E-state index contributed by atoms with van der Waals surface area (Å²) in [6.45, 7) is 2.36. The summed E-state index contributed by atoms with van der Waals surface area (Å²) in [6.07, 6.45) is 3.11. The van der Waals surface area contributed by atoms with Crippen LogP contribution in [0.5, 0.6) is 5.75 Å². The minimum atomic E-state index is -0.453. The van der Waals surface area contributed by atoms with Gasteiger partial charge in [0, 0.05) is 21.8 Å². The molecule has 0 aliphatic rings. The summed E-state index contributed by atoms with van der Waals surface area (Å²) in [6, 6.07) is 12.3. The third-order valence-corrected chi connectivity index (χ3v) is 5.48. The number of nitrogens with one attached hydrogen (secondary N) is 1. The van der Waals surface area contributed by atoms with Gasteiger partial charge in [-0.3, -0.25) is 10.1 Å². The van der Waals surface area contributed by atoms with Gasteiger partial charge in [-0.25, -0.2) is 14.3 Å². The number of aryl methyl sites for hydroxylation is 1. The van der Waals surface area contributed by atoms with E-state index < -0.39 is 5.91 Å². The van der Waals surface area contributed by atoms with Gasteiger partial charge in [-0.2, -0.15) is 5.10 Å². The molecule has 8 nitrogen and oxygen atoms in total. The van der Waals surface area contributed by atoms with Crippen molar-refractivity contribution in [3.63, 3.8) is 0 Å². The van der Waals surface area contributed by atoms with E-state index in [0.29, 0.717) is 32.9 Å². The number of carbonyl (C=O) groups excluding carboxylic acids is 1. The quantitative estimate of drug-likeness (QED) is 0.389. The van der Waals surface area contributed by atoms with Crippen LogP contribution in [0.25, 0.3) is 0 Å². The maximum absolute atomic E-state index is 12.5. The zero-order valence-electron chi connectivity index (χ0n) is 16.8. The lowest BCUT2D eigenvalue weighted by Crippen LogP contribution is -2.15. The highest BCUT2D eigenvalue weighted by molar-refractivity contribution is 6.36. The van der Waals surface area contributed by atoms with Gasteiger partial charge in [0.15, 0.2) is 12.4 Å². The molecule has 11 heteroatoms. The molecule has 1 N–H and O–H groups in total. The Morgan fingerprint density at radius 1 is 1.03 bits per heavy atom. The van der Waals surface area contributed by atoms with E-state index in [0.717, 1.165) is 5.56 Å². The molecule has 0 fully saturated rings. The van der Waals surface area contributed by atoms with Crippen LogP contribution in [-0.2, 0) is 13.3 Å². The Bertz CT molecular complexity index is 1250. The molecule has 0 saturated heterocycles. The van der Waals surface area contributed by atoms with Gasteiger partial charge >= 0.3 is 0 Å². The second-order valence-electron chi connectivity index (χ2n) is 6.87. The molecule has 0 atom stereocenters. The van der Waals surface area contributed by atoms with Crippen LogP contribution in [0.3, 0.4) is 0 Å². The fourth-order valence-electron chi connectivity index (χ4n) is 2.85. The predicted octanol–water partition coefficient (Wildman–Crippen LogP) is 5.08. The van der Waals surface area contributed by atoms with Gasteiger partial charge in [0.05, 0.1) is 11.6 Å². The first-order valence-electron chi connectivity index (χ1n) is 9.45. The van der Waals surface area contributed by atoms with E-state index in [1.165, 1.54) is 15.7 Å². The molecular formula is C21H17Cl3N6O2. The highest BCUT2D eigenvalue weighted by Gasteiger charge is 2.14. The third kappa shape index (κ3) is 5.21. The number of rotatable bonds is 7. The molecule has 32 heavy (non-hydrogen) atoms. The van der Waals surface area contributed by atoms with Crippen molar-refractivity contribution in [1.82, 2.24) is 24.5 Å². The predicted molar refractivity (Wildman–Crippen MR) is 123 cm³/mol. The molecule has 0 bridgehead atoms. The van der Waals surface area contributed by atoms with Crippen LogP contribution in [-0.4, -0.2) is 30.5 Å². The number of ether oxygens (including phenoxy) is 1. The summed E-state index contributed by atoms with van der Waals surface area (Å²) >= 11 is 18.5. The average molecular weight is 492 g/mol. The summed E-state index contributed by atoms with van der Waals surface area (Å²) in [7, 11) is 0. The molecule has 2 aromatic carbocycles. The Morgan fingerprint density at radius 3 is 2.59 bits per heavy atom. The van der Waals surface area contributed by atoms with Gasteiger partial charge in [-0.1, -0.05) is 46.9 Å². The number of halogens is 3. The van der Waals surface area contributed by atoms with Crippen LogP contribution in [0.15, 0.2) is 55.0 Å². The molecule has 0 saturated carbocycles. The lowest BCUT2D eigenvalue weighted by atomic mass is 10.2. The first-order chi connectivity index (χ1) is 15.4. The maximum Gasteiger partial charge on any atom is 0.278 e. The van der Waals surface area contributed by atoms with E-state index in [4.69, 9.17) is 39.5 Å². The third-order valence-electron chi connectivity index (χ3n) is 4.46. The molecule has 0 aliphatic carbocycles. The standard InChI is InChI=1S/C21H17Cl3N6O2/c1-13-5-6-17(24)19(9-13)32-12-29-8-7-18(27-29)20(31)26-21-25-11-30(28-21)10-14-15(22)3-2-4-16(14)23/h2-9,11H,10,12H2,1H3,(H,26,28,31). The van der Waals surface area contributed by atoms with Crippen molar-refractivity contribution in [3.8, 4) is 5.75 Å². The molecule has 2 aromatic heterocycles. The van der Waals surface area contributed by atoms with Crippen LogP contribution in [0.1, 0.15) is 21.6 Å². The fraction of sp³-hybridized carbons (Fsp3) is 0.143. The molecular weight excluding hydrogens is 475 g/mol. The molecule has 0 aliphatic heterocycles. The Morgan fingerprint density at radius 2 is 1.81 bits per heavy atom. The number of hydrogen-bond acceptors (Lipinski definition) is 5. The highest BCUT2D eigenvalue weighted by atomic mass is 35.5. The van der Waals surface area contributed by atoms with E-state index in [1.54, 1.807) is 36.5 Å². The molecule has 0 unspecified atom stereocenters. The average Bonchev–Trinajstić information content (AvgIpc) is 3.41. The highest BCUT2D eigenvalue weighted by Crippen LogP contribution is 2.26. The summed E-state index contributed by atoms with van der Waals surface area (Å²) in [4.78, 5) is 16.6.